The SMILES string of the molecule is CC(C)c1cccc(CN(CCN(C)C)Cc2cccc(C(C)C)c2S)c1S. The summed E-state index contributed by atoms with van der Waals surface area (Å²) in [7, 11) is 4.26. The zero-order chi connectivity index (χ0) is 20.8. The smallest absolute Gasteiger partial charge is 0.0248 e. The van der Waals surface area contributed by atoms with Crippen LogP contribution in [0.2, 0.25) is 0 Å². The summed E-state index contributed by atoms with van der Waals surface area (Å²) in [5.41, 5.74) is 5.25. The predicted octanol–water partition coefficient (Wildman–Crippen LogP) is 6.07. The lowest BCUT2D eigenvalue weighted by atomic mass is 9.99. The van der Waals surface area contributed by atoms with Gasteiger partial charge in [0.2, 0.25) is 0 Å². The molecule has 0 aliphatic rings. The Morgan fingerprint density at radius 3 is 1.50 bits per heavy atom. The van der Waals surface area contributed by atoms with E-state index in [9.17, 15) is 0 Å². The minimum atomic E-state index is 0.481. The van der Waals surface area contributed by atoms with Crippen LogP contribution in [0.25, 0.3) is 0 Å². The Bertz CT molecular complexity index is 710. The number of likely N-dealkylation sites (N-methyl/N-ethyl adjacent to an activating group) is 1. The molecule has 0 N–H and O–H groups in total. The quantitative estimate of drug-likeness (QED) is 0.479. The minimum Gasteiger partial charge on any atom is -0.308 e. The number of thiol groups is 2. The van der Waals surface area contributed by atoms with Crippen molar-refractivity contribution >= 4 is 25.3 Å². The van der Waals surface area contributed by atoms with Gasteiger partial charge < -0.3 is 4.90 Å². The molecule has 154 valence electrons. The highest BCUT2D eigenvalue weighted by Gasteiger charge is 2.15. The zero-order valence-corrected chi connectivity index (χ0v) is 20.0. The fourth-order valence-electron chi connectivity index (χ4n) is 3.45. The molecule has 0 atom stereocenters. The molecular formula is C24H36N2S2. The summed E-state index contributed by atoms with van der Waals surface area (Å²) in [6, 6.07) is 13.1. The van der Waals surface area contributed by atoms with E-state index in [-0.39, 0.29) is 0 Å². The molecule has 0 heterocycles. The topological polar surface area (TPSA) is 6.48 Å². The van der Waals surface area contributed by atoms with Crippen molar-refractivity contribution in [3.05, 3.63) is 58.7 Å². The molecule has 0 aromatic heterocycles. The van der Waals surface area contributed by atoms with E-state index in [4.69, 9.17) is 25.3 Å². The Kier molecular flexibility index (Phi) is 8.94. The highest BCUT2D eigenvalue weighted by Crippen LogP contribution is 2.29. The summed E-state index contributed by atoms with van der Waals surface area (Å²) < 4.78 is 0. The van der Waals surface area contributed by atoms with Crippen LogP contribution >= 0.6 is 25.3 Å². The van der Waals surface area contributed by atoms with Crippen molar-refractivity contribution in [3.63, 3.8) is 0 Å². The molecule has 0 spiro atoms. The highest BCUT2D eigenvalue weighted by molar-refractivity contribution is 7.80. The normalized spacial score (nSPS) is 12.0. The molecule has 0 bridgehead atoms. The third kappa shape index (κ3) is 6.28. The van der Waals surface area contributed by atoms with E-state index in [0.717, 1.165) is 36.0 Å². The van der Waals surface area contributed by atoms with Gasteiger partial charge in [-0.3, -0.25) is 4.90 Å². The van der Waals surface area contributed by atoms with Crippen LogP contribution in [0.5, 0.6) is 0 Å². The molecule has 4 heteroatoms. The first-order chi connectivity index (χ1) is 13.2. The lowest BCUT2D eigenvalue weighted by molar-refractivity contribution is 0.223. The average Bonchev–Trinajstić information content (AvgIpc) is 2.62. The van der Waals surface area contributed by atoms with Crippen molar-refractivity contribution in [1.29, 1.82) is 0 Å². The molecule has 0 aliphatic heterocycles. The summed E-state index contributed by atoms with van der Waals surface area (Å²) >= 11 is 9.74. The maximum Gasteiger partial charge on any atom is 0.0248 e. The summed E-state index contributed by atoms with van der Waals surface area (Å²) in [5, 5.41) is 0. The number of nitrogens with zero attached hydrogens (tertiary/aromatic N) is 2. The largest absolute Gasteiger partial charge is 0.308 e. The van der Waals surface area contributed by atoms with Gasteiger partial charge in [0, 0.05) is 36.0 Å². The zero-order valence-electron chi connectivity index (χ0n) is 18.2. The number of benzene rings is 2. The van der Waals surface area contributed by atoms with Crippen LogP contribution in [0.15, 0.2) is 46.2 Å². The second-order valence-electron chi connectivity index (χ2n) is 8.53. The van der Waals surface area contributed by atoms with E-state index in [1.165, 1.54) is 22.3 Å². The lowest BCUT2D eigenvalue weighted by Crippen LogP contribution is -2.31. The molecule has 0 unspecified atom stereocenters. The first-order valence-electron chi connectivity index (χ1n) is 10.2. The molecule has 0 fully saturated rings. The Morgan fingerprint density at radius 1 is 0.714 bits per heavy atom. The second-order valence-corrected chi connectivity index (χ2v) is 9.43. The Balaban J connectivity index is 2.29. The van der Waals surface area contributed by atoms with E-state index in [1.54, 1.807) is 0 Å². The molecule has 2 aromatic carbocycles. The number of hydrogen-bond acceptors (Lipinski definition) is 4. The van der Waals surface area contributed by atoms with Crippen molar-refractivity contribution in [2.75, 3.05) is 27.2 Å². The summed E-state index contributed by atoms with van der Waals surface area (Å²) in [6.07, 6.45) is 0. The van der Waals surface area contributed by atoms with E-state index in [1.807, 2.05) is 0 Å². The highest BCUT2D eigenvalue weighted by atomic mass is 32.1. The molecule has 28 heavy (non-hydrogen) atoms. The van der Waals surface area contributed by atoms with Crippen molar-refractivity contribution in [1.82, 2.24) is 9.80 Å². The van der Waals surface area contributed by atoms with Crippen LogP contribution in [0.1, 0.15) is 61.8 Å². The van der Waals surface area contributed by atoms with Gasteiger partial charge in [-0.2, -0.15) is 0 Å². The number of rotatable bonds is 9. The van der Waals surface area contributed by atoms with Crippen LogP contribution in [0.3, 0.4) is 0 Å². The molecular weight excluding hydrogens is 380 g/mol. The van der Waals surface area contributed by atoms with Crippen molar-refractivity contribution < 1.29 is 0 Å². The maximum atomic E-state index is 4.87. The monoisotopic (exact) mass is 416 g/mol. The molecule has 2 aromatic rings. The molecule has 0 saturated heterocycles. The van der Waals surface area contributed by atoms with E-state index in [2.05, 4.69) is 88.0 Å². The Hall–Kier alpha value is -0.940. The van der Waals surface area contributed by atoms with Gasteiger partial charge in [0.25, 0.3) is 0 Å². The van der Waals surface area contributed by atoms with E-state index in [0.29, 0.717) is 11.8 Å². The molecule has 0 amide bonds. The maximum absolute atomic E-state index is 4.87. The van der Waals surface area contributed by atoms with E-state index >= 15 is 0 Å². The van der Waals surface area contributed by atoms with Gasteiger partial charge in [-0.1, -0.05) is 64.1 Å². The summed E-state index contributed by atoms with van der Waals surface area (Å²) in [6.45, 7) is 12.7. The minimum absolute atomic E-state index is 0.481. The molecule has 0 radical (unpaired) electrons. The summed E-state index contributed by atoms with van der Waals surface area (Å²) in [4.78, 5) is 7.02. The van der Waals surface area contributed by atoms with Gasteiger partial charge in [0.15, 0.2) is 0 Å². The predicted molar refractivity (Wildman–Crippen MR) is 128 cm³/mol. The van der Waals surface area contributed by atoms with Crippen LogP contribution in [-0.4, -0.2) is 37.0 Å². The fraction of sp³-hybridized carbons (Fsp3) is 0.500. The van der Waals surface area contributed by atoms with Crippen LogP contribution in [-0.2, 0) is 13.1 Å². The first kappa shape index (κ1) is 23.3. The third-order valence-corrected chi connectivity index (χ3v) is 6.29. The van der Waals surface area contributed by atoms with Gasteiger partial charge in [0.05, 0.1) is 0 Å². The van der Waals surface area contributed by atoms with Crippen LogP contribution in [0.4, 0.5) is 0 Å². The first-order valence-corrected chi connectivity index (χ1v) is 11.1. The second kappa shape index (κ2) is 10.7. The Morgan fingerprint density at radius 2 is 1.14 bits per heavy atom. The van der Waals surface area contributed by atoms with Gasteiger partial charge in [0.1, 0.15) is 0 Å². The molecule has 0 aliphatic carbocycles. The molecule has 2 nitrogen and oxygen atoms in total. The third-order valence-electron chi connectivity index (χ3n) is 5.20. The van der Waals surface area contributed by atoms with Crippen molar-refractivity contribution in [2.24, 2.45) is 0 Å². The lowest BCUT2D eigenvalue weighted by Gasteiger charge is -2.27. The van der Waals surface area contributed by atoms with E-state index < -0.39 is 0 Å². The standard InChI is InChI=1S/C24H36N2S2/c1-17(2)21-11-7-9-19(23(21)27)15-26(14-13-25(5)6)16-20-10-8-12-22(18(3)4)24(20)28/h7-12,17-18,27-28H,13-16H2,1-6H3. The molecule has 2 rings (SSSR count). The Labute approximate surface area is 183 Å². The van der Waals surface area contributed by atoms with Gasteiger partial charge >= 0.3 is 0 Å². The molecule has 0 saturated carbocycles. The average molecular weight is 417 g/mol. The fourth-order valence-corrected chi connectivity index (χ4v) is 4.40. The summed E-state index contributed by atoms with van der Waals surface area (Å²) in [5.74, 6) is 0.962. The van der Waals surface area contributed by atoms with Crippen LogP contribution < -0.4 is 0 Å². The van der Waals surface area contributed by atoms with Crippen LogP contribution in [0, 0.1) is 0 Å². The van der Waals surface area contributed by atoms with Gasteiger partial charge in [-0.25, -0.2) is 0 Å². The van der Waals surface area contributed by atoms with Gasteiger partial charge in [-0.15, -0.1) is 25.3 Å². The number of hydrogen-bond donors (Lipinski definition) is 2. The van der Waals surface area contributed by atoms with Gasteiger partial charge in [-0.05, 0) is 48.2 Å². The van der Waals surface area contributed by atoms with Crippen molar-refractivity contribution in [3.8, 4) is 0 Å². The van der Waals surface area contributed by atoms with Crippen molar-refractivity contribution in [2.45, 2.75) is 62.4 Å².